The fourth-order valence-corrected chi connectivity index (χ4v) is 10.4. The van der Waals surface area contributed by atoms with Gasteiger partial charge in [-0.05, 0) is 92.3 Å². The zero-order valence-corrected chi connectivity index (χ0v) is 26.0. The molecule has 0 radical (unpaired) electrons. The number of aliphatic hydroxyl groups excluding tert-OH is 1. The molecule has 0 aromatic heterocycles. The third-order valence-electron chi connectivity index (χ3n) is 13.1. The van der Waals surface area contributed by atoms with Gasteiger partial charge in [-0.1, -0.05) is 71.8 Å². The van der Waals surface area contributed by atoms with Gasteiger partial charge in [-0.2, -0.15) is 0 Å². The molecule has 0 saturated heterocycles. The van der Waals surface area contributed by atoms with Crippen molar-refractivity contribution >= 4 is 11.9 Å². The molecule has 10 atom stereocenters. The average Bonchev–Trinajstić information content (AvgIpc) is 3.03. The molecule has 4 aliphatic rings. The van der Waals surface area contributed by atoms with E-state index in [9.17, 15) is 19.8 Å². The highest BCUT2D eigenvalue weighted by molar-refractivity contribution is 5.71. The SMILES string of the molecule is C=C(C)C(C)CC[C@H](C(=O)O)C1[C@H](O)C[C@@]2(C)C3=C(CC(C)C12C)C1(C)CCC(OC(C)=O)C(C)(C)C1CC3. The lowest BCUT2D eigenvalue weighted by atomic mass is 9.41. The first-order valence-electron chi connectivity index (χ1n) is 15.4. The molecular formula is C34H54O5. The molecule has 4 rings (SSSR count). The number of hydrogen-bond donors (Lipinski definition) is 2. The van der Waals surface area contributed by atoms with Crippen LogP contribution in [-0.2, 0) is 14.3 Å². The summed E-state index contributed by atoms with van der Waals surface area (Å²) in [6.45, 7) is 23.7. The summed E-state index contributed by atoms with van der Waals surface area (Å²) < 4.78 is 5.85. The Bertz CT molecular complexity index is 1060. The highest BCUT2D eigenvalue weighted by Crippen LogP contribution is 2.74. The van der Waals surface area contributed by atoms with Crippen LogP contribution in [0.1, 0.15) is 114 Å². The second-order valence-electron chi connectivity index (χ2n) is 15.2. The molecule has 4 aliphatic carbocycles. The highest BCUT2D eigenvalue weighted by atomic mass is 16.5. The maximum absolute atomic E-state index is 12.8. The van der Waals surface area contributed by atoms with Gasteiger partial charge >= 0.3 is 11.9 Å². The standard InChI is InChI=1S/C34H54O5/c1-19(2)20(3)11-12-23(30(37)38)29-26(36)18-33(9)24-13-14-27-31(6,7)28(39-22(5)35)15-16-32(27,8)25(24)17-21(4)34(29,33)10/h20-21,23,26-29,36H,1,11-18H2,2-10H3,(H,37,38)/t20?,21?,23-,26+,27?,28?,29?,32?,33-,34?/m0/s1. The molecule has 0 aliphatic heterocycles. The molecular weight excluding hydrogens is 488 g/mol. The van der Waals surface area contributed by atoms with Crippen LogP contribution in [0.4, 0.5) is 0 Å². The Hall–Kier alpha value is -1.62. The fourth-order valence-electron chi connectivity index (χ4n) is 10.4. The number of allylic oxidation sites excluding steroid dienone is 3. The molecule has 0 heterocycles. The number of aliphatic carboxylic acids is 1. The molecule has 0 amide bonds. The Morgan fingerprint density at radius 3 is 2.28 bits per heavy atom. The molecule has 5 nitrogen and oxygen atoms in total. The number of carboxylic acids is 1. The van der Waals surface area contributed by atoms with Crippen molar-refractivity contribution in [2.75, 3.05) is 0 Å². The molecule has 0 aromatic rings. The van der Waals surface area contributed by atoms with E-state index in [2.05, 4.69) is 55.0 Å². The molecule has 0 spiro atoms. The van der Waals surface area contributed by atoms with E-state index in [1.807, 2.05) is 6.92 Å². The second kappa shape index (κ2) is 10.0. The minimum atomic E-state index is -0.772. The van der Waals surface area contributed by atoms with E-state index < -0.39 is 18.0 Å². The van der Waals surface area contributed by atoms with E-state index >= 15 is 0 Å². The molecule has 2 saturated carbocycles. The van der Waals surface area contributed by atoms with Crippen molar-refractivity contribution in [2.24, 2.45) is 51.2 Å². The molecule has 39 heavy (non-hydrogen) atoms. The van der Waals surface area contributed by atoms with Crippen LogP contribution in [0, 0.1) is 51.2 Å². The van der Waals surface area contributed by atoms with Gasteiger partial charge in [0, 0.05) is 18.3 Å². The van der Waals surface area contributed by atoms with Crippen LogP contribution in [0.2, 0.25) is 0 Å². The first kappa shape index (κ1) is 30.3. The van der Waals surface area contributed by atoms with Crippen molar-refractivity contribution < 1.29 is 24.5 Å². The summed E-state index contributed by atoms with van der Waals surface area (Å²) in [4.78, 5) is 24.7. The van der Waals surface area contributed by atoms with E-state index in [1.54, 1.807) is 5.57 Å². The highest BCUT2D eigenvalue weighted by Gasteiger charge is 2.68. The molecule has 2 fully saturated rings. The number of ether oxygens (including phenoxy) is 1. The van der Waals surface area contributed by atoms with Crippen LogP contribution in [-0.4, -0.2) is 34.4 Å². The third kappa shape index (κ3) is 4.44. The van der Waals surface area contributed by atoms with Gasteiger partial charge < -0.3 is 14.9 Å². The predicted molar refractivity (Wildman–Crippen MR) is 155 cm³/mol. The Morgan fingerprint density at radius 2 is 1.72 bits per heavy atom. The van der Waals surface area contributed by atoms with Gasteiger partial charge in [0.25, 0.3) is 0 Å². The Balaban J connectivity index is 1.74. The van der Waals surface area contributed by atoms with Crippen LogP contribution in [0.15, 0.2) is 23.3 Å². The Morgan fingerprint density at radius 1 is 1.08 bits per heavy atom. The number of hydrogen-bond acceptors (Lipinski definition) is 4. The number of carboxylic acid groups (broad SMARTS) is 1. The van der Waals surface area contributed by atoms with Gasteiger partial charge in [-0.3, -0.25) is 9.59 Å². The van der Waals surface area contributed by atoms with Gasteiger partial charge in [0.15, 0.2) is 0 Å². The minimum Gasteiger partial charge on any atom is -0.481 e. The van der Waals surface area contributed by atoms with Crippen LogP contribution >= 0.6 is 0 Å². The van der Waals surface area contributed by atoms with Crippen molar-refractivity contribution in [1.82, 2.24) is 0 Å². The lowest BCUT2D eigenvalue weighted by molar-refractivity contribution is -0.167. The summed E-state index contributed by atoms with van der Waals surface area (Å²) >= 11 is 0. The fraction of sp³-hybridized carbons (Fsp3) is 0.824. The molecule has 0 bridgehead atoms. The maximum Gasteiger partial charge on any atom is 0.306 e. The van der Waals surface area contributed by atoms with Crippen molar-refractivity contribution in [2.45, 2.75) is 126 Å². The maximum atomic E-state index is 12.8. The number of carbonyl (C=O) groups is 2. The third-order valence-corrected chi connectivity index (χ3v) is 13.1. The van der Waals surface area contributed by atoms with Crippen LogP contribution < -0.4 is 0 Å². The number of aliphatic hydroxyl groups is 1. The number of fused-ring (bicyclic) bond motifs is 4. The van der Waals surface area contributed by atoms with E-state index in [0.29, 0.717) is 18.8 Å². The Labute approximate surface area is 236 Å². The van der Waals surface area contributed by atoms with Gasteiger partial charge in [-0.25, -0.2) is 0 Å². The minimum absolute atomic E-state index is 0.0263. The van der Waals surface area contributed by atoms with E-state index in [4.69, 9.17) is 4.74 Å². The summed E-state index contributed by atoms with van der Waals surface area (Å²) in [5, 5.41) is 22.2. The first-order chi connectivity index (χ1) is 17.9. The number of carbonyl (C=O) groups excluding carboxylic acids is 1. The van der Waals surface area contributed by atoms with Crippen LogP contribution in [0.5, 0.6) is 0 Å². The predicted octanol–water partition coefficient (Wildman–Crippen LogP) is 7.58. The molecule has 0 aromatic carbocycles. The van der Waals surface area contributed by atoms with Crippen molar-refractivity contribution in [3.8, 4) is 0 Å². The van der Waals surface area contributed by atoms with Crippen LogP contribution in [0.3, 0.4) is 0 Å². The van der Waals surface area contributed by atoms with E-state index in [0.717, 1.165) is 44.1 Å². The summed E-state index contributed by atoms with van der Waals surface area (Å²) in [5.41, 5.74) is 3.53. The average molecular weight is 543 g/mol. The van der Waals surface area contributed by atoms with Crippen LogP contribution in [0.25, 0.3) is 0 Å². The molecule has 220 valence electrons. The molecule has 2 N–H and O–H groups in total. The van der Waals surface area contributed by atoms with Gasteiger partial charge in [0.1, 0.15) is 6.10 Å². The largest absolute Gasteiger partial charge is 0.481 e. The smallest absolute Gasteiger partial charge is 0.306 e. The van der Waals surface area contributed by atoms with Gasteiger partial charge in [-0.15, -0.1) is 0 Å². The summed E-state index contributed by atoms with van der Waals surface area (Å²) in [6, 6.07) is 0. The zero-order valence-electron chi connectivity index (χ0n) is 26.0. The number of rotatable bonds is 7. The Kier molecular flexibility index (Phi) is 7.80. The van der Waals surface area contributed by atoms with E-state index in [1.165, 1.54) is 12.5 Å². The normalized spacial score (nSPS) is 42.6. The molecule has 5 heteroatoms. The number of esters is 1. The molecule has 7 unspecified atom stereocenters. The summed E-state index contributed by atoms with van der Waals surface area (Å²) in [7, 11) is 0. The second-order valence-corrected chi connectivity index (χ2v) is 15.2. The van der Waals surface area contributed by atoms with Crippen molar-refractivity contribution in [1.29, 1.82) is 0 Å². The first-order valence-corrected chi connectivity index (χ1v) is 15.4. The van der Waals surface area contributed by atoms with Crippen molar-refractivity contribution in [3.05, 3.63) is 23.3 Å². The summed E-state index contributed by atoms with van der Waals surface area (Å²) in [6.07, 6.45) is 6.14. The summed E-state index contributed by atoms with van der Waals surface area (Å²) in [5.74, 6) is -0.868. The lowest BCUT2D eigenvalue weighted by Crippen LogP contribution is -2.57. The zero-order chi connectivity index (χ0) is 29.3. The van der Waals surface area contributed by atoms with Gasteiger partial charge in [0.2, 0.25) is 0 Å². The quantitative estimate of drug-likeness (QED) is 0.256. The van der Waals surface area contributed by atoms with Crippen molar-refractivity contribution in [3.63, 3.8) is 0 Å². The van der Waals surface area contributed by atoms with Gasteiger partial charge in [0.05, 0.1) is 12.0 Å². The lowest BCUT2D eigenvalue weighted by Gasteiger charge is -2.63. The van der Waals surface area contributed by atoms with E-state index in [-0.39, 0.29) is 51.5 Å². The topological polar surface area (TPSA) is 83.8 Å². The monoisotopic (exact) mass is 542 g/mol.